The second-order valence-electron chi connectivity index (χ2n) is 4.71. The number of halogens is 2. The Morgan fingerprint density at radius 2 is 1.73 bits per heavy atom. The molecule has 22 heavy (non-hydrogen) atoms. The predicted molar refractivity (Wildman–Crippen MR) is 79.9 cm³/mol. The number of carbonyl (C=O) groups is 1. The van der Waals surface area contributed by atoms with Crippen LogP contribution in [0.1, 0.15) is 11.1 Å². The van der Waals surface area contributed by atoms with Gasteiger partial charge in [-0.05, 0) is 43.2 Å². The second kappa shape index (κ2) is 6.89. The fraction of sp³-hybridized carbons (Fsp3) is 0.188. The second-order valence-corrected chi connectivity index (χ2v) is 4.71. The van der Waals surface area contributed by atoms with Crippen LogP contribution in [0.3, 0.4) is 0 Å². The van der Waals surface area contributed by atoms with Gasteiger partial charge in [-0.1, -0.05) is 18.2 Å². The van der Waals surface area contributed by atoms with Crippen LogP contribution in [0.25, 0.3) is 0 Å². The molecule has 0 unspecified atom stereocenters. The third kappa shape index (κ3) is 3.72. The minimum Gasteiger partial charge on any atom is -0.473 e. The lowest BCUT2D eigenvalue weighted by molar-refractivity contribution is 0.234. The van der Waals surface area contributed by atoms with Crippen LogP contribution in [0.4, 0.5) is 19.3 Å². The Morgan fingerprint density at radius 3 is 2.41 bits per heavy atom. The first kappa shape index (κ1) is 15.8. The lowest BCUT2D eigenvalue weighted by atomic mass is 10.1. The van der Waals surface area contributed by atoms with Crippen molar-refractivity contribution in [2.45, 2.75) is 13.8 Å². The quantitative estimate of drug-likeness (QED) is 0.845. The van der Waals surface area contributed by atoms with Crippen molar-refractivity contribution in [2.24, 2.45) is 0 Å². The summed E-state index contributed by atoms with van der Waals surface area (Å²) in [7, 11) is 0. The van der Waals surface area contributed by atoms with Gasteiger partial charge in [0.15, 0.2) is 6.73 Å². The van der Waals surface area contributed by atoms with Crippen LogP contribution in [0.5, 0.6) is 5.75 Å². The molecule has 2 aromatic rings. The minimum atomic E-state index is -0.842. The van der Waals surface area contributed by atoms with Gasteiger partial charge in [-0.3, -0.25) is 0 Å². The molecule has 0 saturated carbocycles. The van der Waals surface area contributed by atoms with Crippen LogP contribution < -0.4 is 15.4 Å². The number of aryl methyl sites for hydroxylation is 1. The molecule has 0 bridgehead atoms. The van der Waals surface area contributed by atoms with Crippen molar-refractivity contribution in [3.05, 3.63) is 59.2 Å². The van der Waals surface area contributed by atoms with Crippen LogP contribution in [0.2, 0.25) is 0 Å². The van der Waals surface area contributed by atoms with Gasteiger partial charge in [0, 0.05) is 0 Å². The van der Waals surface area contributed by atoms with E-state index >= 15 is 0 Å². The van der Waals surface area contributed by atoms with Crippen LogP contribution in [0, 0.1) is 25.5 Å². The highest BCUT2D eigenvalue weighted by atomic mass is 19.1. The van der Waals surface area contributed by atoms with E-state index in [9.17, 15) is 13.6 Å². The summed E-state index contributed by atoms with van der Waals surface area (Å²) in [6.45, 7) is 3.73. The number of hydrogen-bond acceptors (Lipinski definition) is 2. The summed E-state index contributed by atoms with van der Waals surface area (Å²) >= 11 is 0. The molecule has 6 heteroatoms. The summed E-state index contributed by atoms with van der Waals surface area (Å²) in [6.07, 6.45) is 0. The number of anilines is 1. The van der Waals surface area contributed by atoms with E-state index in [1.165, 1.54) is 6.07 Å². The largest absolute Gasteiger partial charge is 0.473 e. The summed E-state index contributed by atoms with van der Waals surface area (Å²) < 4.78 is 32.2. The van der Waals surface area contributed by atoms with Crippen LogP contribution in [-0.2, 0) is 0 Å². The molecule has 2 N–H and O–H groups in total. The third-order valence-corrected chi connectivity index (χ3v) is 3.22. The van der Waals surface area contributed by atoms with Gasteiger partial charge < -0.3 is 15.4 Å². The van der Waals surface area contributed by atoms with Crippen molar-refractivity contribution in [1.29, 1.82) is 0 Å². The van der Waals surface area contributed by atoms with Crippen LogP contribution in [0.15, 0.2) is 36.4 Å². The number of hydrogen-bond donors (Lipinski definition) is 2. The van der Waals surface area contributed by atoms with E-state index in [0.29, 0.717) is 5.75 Å². The van der Waals surface area contributed by atoms with Gasteiger partial charge in [-0.25, -0.2) is 13.6 Å². The first-order valence-electron chi connectivity index (χ1n) is 6.67. The lowest BCUT2D eigenvalue weighted by Crippen LogP contribution is -2.32. The van der Waals surface area contributed by atoms with E-state index in [1.807, 2.05) is 26.0 Å². The van der Waals surface area contributed by atoms with Crippen molar-refractivity contribution < 1.29 is 18.3 Å². The normalized spacial score (nSPS) is 10.2. The minimum absolute atomic E-state index is 0.119. The SMILES string of the molecule is Cc1cccc(OCNC(=O)Nc2c(F)cccc2F)c1C. The molecule has 0 aliphatic heterocycles. The van der Waals surface area contributed by atoms with Crippen LogP contribution in [-0.4, -0.2) is 12.8 Å². The van der Waals surface area contributed by atoms with Gasteiger partial charge in [0.1, 0.15) is 23.1 Å². The van der Waals surface area contributed by atoms with Crippen molar-refractivity contribution >= 4 is 11.7 Å². The molecule has 0 atom stereocenters. The number of benzene rings is 2. The van der Waals surface area contributed by atoms with Crippen molar-refractivity contribution in [1.82, 2.24) is 5.32 Å². The monoisotopic (exact) mass is 306 g/mol. The van der Waals surface area contributed by atoms with Gasteiger partial charge >= 0.3 is 6.03 Å². The Kier molecular flexibility index (Phi) is 4.93. The number of nitrogens with one attached hydrogen (secondary N) is 2. The molecule has 0 fully saturated rings. The lowest BCUT2D eigenvalue weighted by Gasteiger charge is -2.12. The van der Waals surface area contributed by atoms with Gasteiger partial charge in [0.2, 0.25) is 0 Å². The van der Waals surface area contributed by atoms with E-state index in [0.717, 1.165) is 23.3 Å². The van der Waals surface area contributed by atoms with Gasteiger partial charge in [-0.2, -0.15) is 0 Å². The first-order valence-corrected chi connectivity index (χ1v) is 6.67. The van der Waals surface area contributed by atoms with E-state index < -0.39 is 23.4 Å². The average Bonchev–Trinajstić information content (AvgIpc) is 2.47. The maximum Gasteiger partial charge on any atom is 0.322 e. The highest BCUT2D eigenvalue weighted by Crippen LogP contribution is 2.20. The Morgan fingerprint density at radius 1 is 1.09 bits per heavy atom. The topological polar surface area (TPSA) is 50.4 Å². The highest BCUT2D eigenvalue weighted by Gasteiger charge is 2.11. The zero-order valence-electron chi connectivity index (χ0n) is 12.2. The molecule has 0 aliphatic carbocycles. The molecule has 2 aromatic carbocycles. The van der Waals surface area contributed by atoms with E-state index in [4.69, 9.17) is 4.74 Å². The van der Waals surface area contributed by atoms with Crippen molar-refractivity contribution in [3.63, 3.8) is 0 Å². The van der Waals surface area contributed by atoms with E-state index in [2.05, 4.69) is 10.6 Å². The fourth-order valence-electron chi connectivity index (χ4n) is 1.83. The van der Waals surface area contributed by atoms with Gasteiger partial charge in [0.05, 0.1) is 0 Å². The number of urea groups is 1. The molecular formula is C16H16F2N2O2. The molecule has 4 nitrogen and oxygen atoms in total. The zero-order valence-corrected chi connectivity index (χ0v) is 12.2. The molecule has 0 spiro atoms. The Hall–Kier alpha value is -2.63. The number of ether oxygens (including phenoxy) is 1. The maximum atomic E-state index is 13.4. The maximum absolute atomic E-state index is 13.4. The number of carbonyl (C=O) groups excluding carboxylic acids is 1. The molecule has 116 valence electrons. The molecule has 0 aromatic heterocycles. The fourth-order valence-corrected chi connectivity index (χ4v) is 1.83. The molecule has 2 amide bonds. The molecular weight excluding hydrogens is 290 g/mol. The van der Waals surface area contributed by atoms with Crippen molar-refractivity contribution in [2.75, 3.05) is 12.0 Å². The first-order chi connectivity index (χ1) is 10.5. The van der Waals surface area contributed by atoms with Crippen LogP contribution >= 0.6 is 0 Å². The smallest absolute Gasteiger partial charge is 0.322 e. The van der Waals surface area contributed by atoms with E-state index in [1.54, 1.807) is 6.07 Å². The van der Waals surface area contributed by atoms with Gasteiger partial charge in [-0.15, -0.1) is 0 Å². The molecule has 0 heterocycles. The molecule has 0 saturated heterocycles. The van der Waals surface area contributed by atoms with Gasteiger partial charge in [0.25, 0.3) is 0 Å². The molecule has 0 radical (unpaired) electrons. The Balaban J connectivity index is 1.90. The highest BCUT2D eigenvalue weighted by molar-refractivity contribution is 5.89. The number of para-hydroxylation sites is 1. The predicted octanol–water partition coefficient (Wildman–Crippen LogP) is 3.74. The summed E-state index contributed by atoms with van der Waals surface area (Å²) in [6, 6.07) is 8.15. The summed E-state index contributed by atoms with van der Waals surface area (Å²) in [5.41, 5.74) is 1.53. The van der Waals surface area contributed by atoms with Crippen molar-refractivity contribution in [3.8, 4) is 5.75 Å². The molecule has 0 aliphatic rings. The summed E-state index contributed by atoms with van der Waals surface area (Å²) in [5, 5.41) is 4.49. The molecule has 2 rings (SSSR count). The average molecular weight is 306 g/mol. The third-order valence-electron chi connectivity index (χ3n) is 3.22. The van der Waals surface area contributed by atoms with E-state index in [-0.39, 0.29) is 6.73 Å². The number of rotatable bonds is 4. The Bertz CT molecular complexity index is 670. The summed E-state index contributed by atoms with van der Waals surface area (Å²) in [4.78, 5) is 11.6. The zero-order chi connectivity index (χ0) is 16.1. The summed E-state index contributed by atoms with van der Waals surface area (Å²) in [5.74, 6) is -1.05. The Labute approximate surface area is 127 Å². The standard InChI is InChI=1S/C16H16F2N2O2/c1-10-5-3-8-14(11(10)2)22-9-19-16(21)20-15-12(17)6-4-7-13(15)18/h3-8H,9H2,1-2H3,(H2,19,20,21). The number of amides is 2.